The van der Waals surface area contributed by atoms with Gasteiger partial charge in [0.1, 0.15) is 86.9 Å². The Labute approximate surface area is 716 Å². The number of carbonyl (C=O) groups excluding carboxylic acids is 7. The summed E-state index contributed by atoms with van der Waals surface area (Å²) in [5.41, 5.74) is 11.7. The number of nitrogens with zero attached hydrogens (tertiary/aromatic N) is 2. The number of phenols is 3. The van der Waals surface area contributed by atoms with E-state index < -0.39 is 217 Å². The lowest BCUT2D eigenvalue weighted by Crippen LogP contribution is -2.62. The van der Waals surface area contributed by atoms with Gasteiger partial charge in [-0.2, -0.15) is 4.98 Å². The summed E-state index contributed by atoms with van der Waals surface area (Å²) in [5.74, 6) is -15.6. The third-order valence-corrected chi connectivity index (χ3v) is 24.0. The van der Waals surface area contributed by atoms with Gasteiger partial charge in [0.25, 0.3) is 0 Å². The molecule has 40 heteroatoms. The first-order chi connectivity index (χ1) is 57.1. The van der Waals surface area contributed by atoms with Crippen LogP contribution in [0, 0.1) is 5.92 Å². The van der Waals surface area contributed by atoms with Crippen LogP contribution in [0.15, 0.2) is 133 Å². The van der Waals surface area contributed by atoms with Crippen molar-refractivity contribution in [3.05, 3.63) is 176 Å². The van der Waals surface area contributed by atoms with Crippen LogP contribution in [-0.4, -0.2) is 187 Å². The van der Waals surface area contributed by atoms with Crippen molar-refractivity contribution in [1.29, 1.82) is 0 Å². The second-order valence-corrected chi connectivity index (χ2v) is 33.8. The number of amides is 7. The van der Waals surface area contributed by atoms with Crippen molar-refractivity contribution < 1.29 is 108 Å². The number of fused-ring (bicyclic) bond motifs is 15. The van der Waals surface area contributed by atoms with Crippen LogP contribution in [0.4, 0.5) is 5.95 Å². The van der Waals surface area contributed by atoms with Gasteiger partial charge in [-0.3, -0.25) is 44.0 Å². The number of aromatic nitrogens is 3. The number of carboxylic acid groups (broad SMARTS) is 1. The third kappa shape index (κ3) is 19.6. The van der Waals surface area contributed by atoms with Crippen LogP contribution in [0.2, 0.25) is 15.1 Å². The van der Waals surface area contributed by atoms with E-state index in [1.807, 2.05) is 50.2 Å². The summed E-state index contributed by atoms with van der Waals surface area (Å²) in [6.07, 6.45) is -14.9. The Morgan fingerprint density at radius 3 is 1.96 bits per heavy atom. The molecule has 17 atom stereocenters. The number of aliphatic carboxylic acids is 1. The van der Waals surface area contributed by atoms with E-state index in [1.54, 1.807) is 19.1 Å². The van der Waals surface area contributed by atoms with E-state index in [1.165, 1.54) is 37.4 Å². The number of nitrogen functional groups attached to an aromatic ring is 1. The SMILES string of the molecule is CN[C@H](CC(C)C)C(=O)N[C@H]1C(=O)N[C@@H](CC(N)=O)C(=O)N[C@H]2C(=O)N[C@H]3C(=O)N[C@H](C(=O)N[C@H](C(=O)O)c4cc(O)cc(O)c4-c4cc3ccc4O)[C@H](O)c3ccc(c(Cl)c3)Oc3cc2cc(c3OC2OC(CSc3nc(N)n[nH]3)CC(O)C2OC2CC(I)(NCc3ccc(-c4ccc(Cl)cc4)cc3)C(O)C(C)O2)Oc2ccc(cc2Cl)[C@H]1O. The Bertz CT molecular complexity index is 5260. The third-order valence-electron chi connectivity index (χ3n) is 20.7. The molecule has 8 aromatic rings. The van der Waals surface area contributed by atoms with Crippen LogP contribution in [0.25, 0.3) is 22.3 Å². The van der Waals surface area contributed by atoms with Crippen LogP contribution < -0.4 is 68.2 Å². The van der Waals surface area contributed by atoms with Crippen molar-refractivity contribution >= 4 is 122 Å². The van der Waals surface area contributed by atoms with Crippen LogP contribution in [-0.2, 0) is 59.1 Å². The van der Waals surface area contributed by atoms with E-state index in [4.69, 9.17) is 74.7 Å². The van der Waals surface area contributed by atoms with Crippen molar-refractivity contribution in [1.82, 2.24) is 57.7 Å². The first-order valence-electron chi connectivity index (χ1n) is 37.6. The zero-order valence-corrected chi connectivity index (χ0v) is 69.2. The first-order valence-corrected chi connectivity index (χ1v) is 40.8. The number of hydrogen-bond acceptors (Lipinski definition) is 27. The number of aromatic hydroxyl groups is 3. The maximum atomic E-state index is 16.3. The lowest BCUT2D eigenvalue weighted by atomic mass is 9.89. The second-order valence-electron chi connectivity index (χ2n) is 29.7. The fourth-order valence-corrected chi connectivity index (χ4v) is 17.0. The highest BCUT2D eigenvalue weighted by atomic mass is 127. The summed E-state index contributed by atoms with van der Waals surface area (Å²) in [5, 5.41) is 123. The molecule has 11 bridgehead atoms. The topological polar surface area (TPSA) is 544 Å². The van der Waals surface area contributed by atoms with Crippen molar-refractivity contribution in [2.24, 2.45) is 11.7 Å². The number of anilines is 1. The number of aromatic amines is 1. The number of phenolic OH excluding ortho intramolecular Hbond substituents is 3. The number of likely N-dealkylation sites (N-methyl/N-ethyl adjacent to an activating group) is 1. The molecular weight excluding hydrogens is 1760 g/mol. The van der Waals surface area contributed by atoms with Gasteiger partial charge in [0.15, 0.2) is 29.0 Å². The van der Waals surface area contributed by atoms with Crippen molar-refractivity contribution in [2.45, 2.75) is 159 Å². The smallest absolute Gasteiger partial charge is 0.330 e. The molecule has 1 aromatic heterocycles. The average molecular weight is 1840 g/mol. The number of aliphatic hydroxyl groups is 4. The maximum absolute atomic E-state index is 16.3. The zero-order valence-electron chi connectivity index (χ0n) is 63.9. The Hall–Kier alpha value is -10.4. The number of carboxylic acids is 1. The second kappa shape index (κ2) is 36.9. The van der Waals surface area contributed by atoms with Gasteiger partial charge < -0.3 is 118 Å². The molecule has 8 heterocycles. The minimum Gasteiger partial charge on any atom is -0.508 e. The predicted octanol–water partition coefficient (Wildman–Crippen LogP) is 6.16. The molecule has 634 valence electrons. The number of rotatable bonds is 19. The molecule has 2 fully saturated rings. The van der Waals surface area contributed by atoms with E-state index in [9.17, 15) is 55.2 Å². The van der Waals surface area contributed by atoms with Gasteiger partial charge in [0.2, 0.25) is 59.3 Å². The Morgan fingerprint density at radius 1 is 0.717 bits per heavy atom. The molecule has 7 aliphatic heterocycles. The molecule has 120 heavy (non-hydrogen) atoms. The number of carbonyl (C=O) groups is 8. The fourth-order valence-electron chi connectivity index (χ4n) is 14.6. The lowest BCUT2D eigenvalue weighted by molar-refractivity contribution is -0.309. The predicted molar refractivity (Wildman–Crippen MR) is 440 cm³/mol. The molecule has 0 radical (unpaired) electrons. The van der Waals surface area contributed by atoms with E-state index >= 15 is 24.0 Å². The molecule has 7 aromatic carbocycles. The number of nitrogens with two attached hydrogens (primary N) is 2. The minimum absolute atomic E-state index is 0.00978. The van der Waals surface area contributed by atoms with Crippen molar-refractivity contribution in [3.63, 3.8) is 0 Å². The Kier molecular flexibility index (Phi) is 26.9. The summed E-state index contributed by atoms with van der Waals surface area (Å²) < 4.78 is 39.7. The molecule has 7 amide bonds. The van der Waals surface area contributed by atoms with Gasteiger partial charge in [0, 0.05) is 52.9 Å². The quantitative estimate of drug-likeness (QED) is 0.0186. The van der Waals surface area contributed by atoms with Crippen LogP contribution >= 0.6 is 69.2 Å². The normalized spacial score (nSPS) is 26.0. The van der Waals surface area contributed by atoms with Crippen molar-refractivity contribution in [3.8, 4) is 68.2 Å². The summed E-state index contributed by atoms with van der Waals surface area (Å²) in [6, 6.07) is 15.1. The molecule has 7 aliphatic rings. The highest BCUT2D eigenvalue weighted by Crippen LogP contribution is 2.51. The van der Waals surface area contributed by atoms with Gasteiger partial charge in [-0.15, -0.1) is 5.10 Å². The summed E-state index contributed by atoms with van der Waals surface area (Å²) in [4.78, 5) is 123. The van der Waals surface area contributed by atoms with E-state index in [0.29, 0.717) is 5.02 Å². The van der Waals surface area contributed by atoms with Crippen LogP contribution in [0.5, 0.6) is 46.0 Å². The largest absolute Gasteiger partial charge is 0.508 e. The Balaban J connectivity index is 0.991. The van der Waals surface area contributed by atoms with E-state index in [-0.39, 0.29) is 81.8 Å². The van der Waals surface area contributed by atoms with Gasteiger partial charge in [-0.1, -0.05) is 138 Å². The zero-order chi connectivity index (χ0) is 86.0. The molecule has 0 saturated carbocycles. The van der Waals surface area contributed by atoms with Crippen molar-refractivity contribution in [2.75, 3.05) is 18.5 Å². The standard InChI is InChI=1S/C80H83Cl3IN13O22S/c1-32(2)19-48(87-4)70(106)93-63-65(103)38-12-17-53(46(82)21-38)116-55-23-40-24-56(68(55)119-77-67(52(101)27-43(115-77)31-120-79-95-78(86)96-97-79)118-58-29-80(84,69(105)33(3)114-58)88-30-34-5-7-35(8-6-34)36-9-14-41(81)15-10-36)117-54-18-13-39(22-47(54)83)66(104)64-75(111)92-62(76(112)113)45-25-42(98)26-51(100)59(45)44-20-37(11-16-50(44)99)60(72(108)94-64)91-73(109)61(40)90-71(107)49(28-57(85)102)89-74(63)110/h5-18,20-26,32-33,43,48-49,52,58,60-67,69,77,87-88,98-101,103-105H,19,27-31H2,1-4H3,(H2,85,102)(H,89,110)(H,90,107)(H,91,109)(H,92,111)(H,93,106)(H,94,108)(H,112,113)(H3,86,95,96,97)/t33?,43?,48-,49+,52?,58?,60-,61-,62+,63-,64+,65-,66-,67?,69?,77?,80?/m1/s1. The monoisotopic (exact) mass is 1840 g/mol. The molecule has 8 unspecified atom stereocenters. The number of H-pyrrole nitrogens is 1. The molecule has 35 nitrogen and oxygen atoms in total. The van der Waals surface area contributed by atoms with Gasteiger partial charge in [0.05, 0.1) is 40.8 Å². The Morgan fingerprint density at radius 2 is 1.34 bits per heavy atom. The summed E-state index contributed by atoms with van der Waals surface area (Å²) >= 11 is 23.8. The molecule has 2 saturated heterocycles. The van der Waals surface area contributed by atoms with E-state index in [0.717, 1.165) is 77.0 Å². The fraction of sp³-hybridized carbons (Fsp3) is 0.350. The number of thioether (sulfide) groups is 1. The maximum Gasteiger partial charge on any atom is 0.330 e. The number of benzene rings is 7. The van der Waals surface area contributed by atoms with Crippen LogP contribution in [0.3, 0.4) is 0 Å². The van der Waals surface area contributed by atoms with Gasteiger partial charge in [-0.25, -0.2) is 4.79 Å². The number of aliphatic hydroxyl groups excluding tert-OH is 4. The van der Waals surface area contributed by atoms with Gasteiger partial charge in [-0.05, 0) is 132 Å². The number of hydrogen-bond donors (Lipinski definition) is 19. The number of alkyl halides is 1. The highest BCUT2D eigenvalue weighted by Gasteiger charge is 2.51. The number of halogens is 4. The molecule has 15 rings (SSSR count). The average Bonchev–Trinajstić information content (AvgIpc) is 1.33. The minimum atomic E-state index is -2.33. The lowest BCUT2D eigenvalue weighted by Gasteiger charge is -2.47. The molecule has 0 spiro atoms. The van der Waals surface area contributed by atoms with Gasteiger partial charge >= 0.3 is 5.97 Å². The number of primary amides is 1. The molecule has 0 aliphatic carbocycles. The van der Waals surface area contributed by atoms with E-state index in [2.05, 4.69) is 80.3 Å². The first kappa shape index (κ1) is 87.4. The van der Waals surface area contributed by atoms with Crippen LogP contribution in [0.1, 0.15) is 110 Å². The highest BCUT2D eigenvalue weighted by molar-refractivity contribution is 14.1. The number of ether oxygens (including phenoxy) is 6. The summed E-state index contributed by atoms with van der Waals surface area (Å²) in [6.45, 7) is 5.53. The molecular formula is C80H83Cl3IN13O22S. The molecule has 21 N–H and O–H groups in total. The number of nitrogens with one attached hydrogen (secondary N) is 9. The summed E-state index contributed by atoms with van der Waals surface area (Å²) in [7, 11) is 1.49.